The molecule has 1 saturated heterocycles. The molecule has 1 heterocycles. The largest absolute Gasteiger partial charge is 0.495 e. The Morgan fingerprint density at radius 3 is 2.52 bits per heavy atom. The summed E-state index contributed by atoms with van der Waals surface area (Å²) >= 11 is 0. The van der Waals surface area contributed by atoms with E-state index in [4.69, 9.17) is 4.74 Å². The van der Waals surface area contributed by atoms with Gasteiger partial charge in [-0.15, -0.1) is 0 Å². The van der Waals surface area contributed by atoms with Crippen molar-refractivity contribution in [3.63, 3.8) is 0 Å². The molecule has 2 aromatic rings. The summed E-state index contributed by atoms with van der Waals surface area (Å²) in [6.45, 7) is 2.19. The van der Waals surface area contributed by atoms with Crippen molar-refractivity contribution in [2.75, 3.05) is 32.1 Å². The fourth-order valence-corrected chi connectivity index (χ4v) is 4.40. The molecular weight excluding hydrogens is 362 g/mol. The second-order valence-electron chi connectivity index (χ2n) is 6.74. The lowest BCUT2D eigenvalue weighted by molar-refractivity contribution is 0.405. The van der Waals surface area contributed by atoms with Gasteiger partial charge in [-0.2, -0.15) is 0 Å². The van der Waals surface area contributed by atoms with Crippen molar-refractivity contribution in [3.8, 4) is 5.75 Å². The minimum atomic E-state index is -3.61. The Balaban J connectivity index is 1.82. The number of ether oxygens (including phenoxy) is 1. The zero-order valence-electron chi connectivity index (χ0n) is 15.8. The molecule has 0 aromatic heterocycles. The van der Waals surface area contributed by atoms with E-state index in [1.165, 1.54) is 0 Å². The Bertz CT molecular complexity index is 850. The van der Waals surface area contributed by atoms with Gasteiger partial charge in [0.05, 0.1) is 17.7 Å². The number of rotatable bonds is 7. The minimum Gasteiger partial charge on any atom is -0.495 e. The first-order chi connectivity index (χ1) is 13.0. The first-order valence-corrected chi connectivity index (χ1v) is 10.6. The third-order valence-corrected chi connectivity index (χ3v) is 6.41. The average molecular weight is 390 g/mol. The summed E-state index contributed by atoms with van der Waals surface area (Å²) in [6, 6.07) is 14.9. The predicted molar refractivity (Wildman–Crippen MR) is 108 cm³/mol. The van der Waals surface area contributed by atoms with Crippen LogP contribution in [0.25, 0.3) is 0 Å². The number of nitrogens with one attached hydrogen (secondary N) is 2. The number of sulfonamides is 1. The van der Waals surface area contributed by atoms with Gasteiger partial charge in [-0.3, -0.25) is 0 Å². The van der Waals surface area contributed by atoms with Crippen molar-refractivity contribution in [1.29, 1.82) is 0 Å². The summed E-state index contributed by atoms with van der Waals surface area (Å²) in [5.74, 6) is 0.679. The Labute approximate surface area is 161 Å². The minimum absolute atomic E-state index is 0.245. The summed E-state index contributed by atoms with van der Waals surface area (Å²) in [5.41, 5.74) is 1.72. The smallest absolute Gasteiger partial charge is 0.240 e. The molecule has 1 fully saturated rings. The number of benzene rings is 2. The van der Waals surface area contributed by atoms with Crippen LogP contribution in [0.1, 0.15) is 18.4 Å². The van der Waals surface area contributed by atoms with Crippen LogP contribution < -0.4 is 19.7 Å². The molecule has 146 valence electrons. The van der Waals surface area contributed by atoms with Gasteiger partial charge in [0.1, 0.15) is 5.75 Å². The second-order valence-corrected chi connectivity index (χ2v) is 8.50. The third kappa shape index (κ3) is 4.80. The molecule has 7 heteroatoms. The normalized spacial score (nSPS) is 15.5. The van der Waals surface area contributed by atoms with Gasteiger partial charge >= 0.3 is 0 Å². The summed E-state index contributed by atoms with van der Waals surface area (Å²) in [7, 11) is -0.00508. The van der Waals surface area contributed by atoms with Gasteiger partial charge in [-0.25, -0.2) is 13.1 Å². The standard InChI is InChI=1S/C20H27N3O3S/c1-23(17-10-12-21-13-11-17)19-14-18(8-9-20(19)26-2)27(24,25)22-15-16-6-4-3-5-7-16/h3-9,14,17,21-22H,10-13,15H2,1-2H3. The fraction of sp³-hybridized carbons (Fsp3) is 0.400. The highest BCUT2D eigenvalue weighted by atomic mass is 32.2. The van der Waals surface area contributed by atoms with E-state index in [9.17, 15) is 8.42 Å². The number of methoxy groups -OCH3 is 1. The van der Waals surface area contributed by atoms with Crippen LogP contribution in [0, 0.1) is 0 Å². The van der Waals surface area contributed by atoms with E-state index in [1.54, 1.807) is 25.3 Å². The fourth-order valence-electron chi connectivity index (χ4n) is 3.36. The summed E-state index contributed by atoms with van der Waals surface area (Å²) in [5, 5.41) is 3.35. The van der Waals surface area contributed by atoms with Crippen molar-refractivity contribution < 1.29 is 13.2 Å². The van der Waals surface area contributed by atoms with Crippen LogP contribution in [0.3, 0.4) is 0 Å². The topological polar surface area (TPSA) is 70.7 Å². The van der Waals surface area contributed by atoms with E-state index < -0.39 is 10.0 Å². The van der Waals surface area contributed by atoms with Gasteiger partial charge in [0.15, 0.2) is 0 Å². The van der Waals surface area contributed by atoms with Gasteiger partial charge in [-0.05, 0) is 49.7 Å². The average Bonchev–Trinajstić information content (AvgIpc) is 2.72. The molecule has 2 N–H and O–H groups in total. The lowest BCUT2D eigenvalue weighted by atomic mass is 10.0. The SMILES string of the molecule is COc1ccc(S(=O)(=O)NCc2ccccc2)cc1N(C)C1CCNCC1. The molecule has 0 unspecified atom stereocenters. The molecule has 1 aliphatic heterocycles. The second kappa shape index (κ2) is 8.73. The number of anilines is 1. The maximum Gasteiger partial charge on any atom is 0.240 e. The molecule has 6 nitrogen and oxygen atoms in total. The molecule has 1 aliphatic rings. The number of hydrogen-bond acceptors (Lipinski definition) is 5. The Kier molecular flexibility index (Phi) is 6.36. The van der Waals surface area contributed by atoms with Crippen LogP contribution in [0.2, 0.25) is 0 Å². The quantitative estimate of drug-likeness (QED) is 0.761. The number of nitrogens with zero attached hydrogens (tertiary/aromatic N) is 1. The molecule has 0 atom stereocenters. The van der Waals surface area contributed by atoms with Crippen molar-refractivity contribution in [1.82, 2.24) is 10.0 Å². The highest BCUT2D eigenvalue weighted by molar-refractivity contribution is 7.89. The Morgan fingerprint density at radius 1 is 1.15 bits per heavy atom. The van der Waals surface area contributed by atoms with Gasteiger partial charge < -0.3 is 15.0 Å². The van der Waals surface area contributed by atoms with Gasteiger partial charge in [-0.1, -0.05) is 30.3 Å². The first-order valence-electron chi connectivity index (χ1n) is 9.16. The van der Waals surface area contributed by atoms with Crippen molar-refractivity contribution in [2.24, 2.45) is 0 Å². The molecule has 0 radical (unpaired) electrons. The summed E-state index contributed by atoms with van der Waals surface area (Å²) in [6.07, 6.45) is 2.03. The molecular formula is C20H27N3O3S. The molecule has 3 rings (SSSR count). The van der Waals surface area contributed by atoms with E-state index in [0.29, 0.717) is 11.8 Å². The van der Waals surface area contributed by atoms with Crippen LogP contribution in [-0.4, -0.2) is 41.7 Å². The zero-order valence-corrected chi connectivity index (χ0v) is 16.6. The molecule has 0 amide bonds. The lowest BCUT2D eigenvalue weighted by Crippen LogP contribution is -2.41. The maximum absolute atomic E-state index is 12.8. The van der Waals surface area contributed by atoms with Crippen LogP contribution in [0.4, 0.5) is 5.69 Å². The van der Waals surface area contributed by atoms with Crippen molar-refractivity contribution in [3.05, 3.63) is 54.1 Å². The molecule has 27 heavy (non-hydrogen) atoms. The Morgan fingerprint density at radius 2 is 1.85 bits per heavy atom. The highest BCUT2D eigenvalue weighted by Crippen LogP contribution is 2.32. The predicted octanol–water partition coefficient (Wildman–Crippen LogP) is 2.36. The monoisotopic (exact) mass is 389 g/mol. The highest BCUT2D eigenvalue weighted by Gasteiger charge is 2.23. The van der Waals surface area contributed by atoms with Gasteiger partial charge in [0.25, 0.3) is 0 Å². The van der Waals surface area contributed by atoms with E-state index in [0.717, 1.165) is 37.2 Å². The maximum atomic E-state index is 12.8. The van der Waals surface area contributed by atoms with E-state index in [1.807, 2.05) is 37.4 Å². The van der Waals surface area contributed by atoms with Gasteiger partial charge in [0, 0.05) is 19.6 Å². The van der Waals surface area contributed by atoms with Crippen LogP contribution in [-0.2, 0) is 16.6 Å². The van der Waals surface area contributed by atoms with Gasteiger partial charge in [0.2, 0.25) is 10.0 Å². The zero-order chi connectivity index (χ0) is 19.3. The van der Waals surface area contributed by atoms with Crippen LogP contribution in [0.15, 0.2) is 53.4 Å². The molecule has 0 spiro atoms. The van der Waals surface area contributed by atoms with E-state index in [-0.39, 0.29) is 11.4 Å². The summed E-state index contributed by atoms with van der Waals surface area (Å²) in [4.78, 5) is 2.38. The van der Waals surface area contributed by atoms with Crippen molar-refractivity contribution >= 4 is 15.7 Å². The molecule has 0 saturated carbocycles. The van der Waals surface area contributed by atoms with Crippen LogP contribution >= 0.6 is 0 Å². The Hall–Kier alpha value is -2.09. The molecule has 2 aromatic carbocycles. The molecule has 0 bridgehead atoms. The summed E-state index contributed by atoms with van der Waals surface area (Å²) < 4.78 is 33.7. The van der Waals surface area contributed by atoms with Crippen molar-refractivity contribution in [2.45, 2.75) is 30.3 Å². The third-order valence-electron chi connectivity index (χ3n) is 5.01. The van der Waals surface area contributed by atoms with E-state index >= 15 is 0 Å². The first kappa shape index (κ1) is 19.7. The van der Waals surface area contributed by atoms with E-state index in [2.05, 4.69) is 14.9 Å². The number of piperidine rings is 1. The number of hydrogen-bond donors (Lipinski definition) is 2. The molecule has 0 aliphatic carbocycles. The van der Waals surface area contributed by atoms with Crippen LogP contribution in [0.5, 0.6) is 5.75 Å². The lowest BCUT2D eigenvalue weighted by Gasteiger charge is -2.34.